The largest absolute Gasteiger partial charge is 0.487 e. The van der Waals surface area contributed by atoms with Crippen LogP contribution in [0.15, 0.2) is 59.5 Å². The van der Waals surface area contributed by atoms with Gasteiger partial charge in [0.1, 0.15) is 18.4 Å². The van der Waals surface area contributed by atoms with Gasteiger partial charge in [0.25, 0.3) is 5.91 Å². The van der Waals surface area contributed by atoms with E-state index in [9.17, 15) is 27.9 Å². The fourth-order valence-electron chi connectivity index (χ4n) is 3.70. The first kappa shape index (κ1) is 27.4. The van der Waals surface area contributed by atoms with Crippen molar-refractivity contribution in [3.05, 3.63) is 71.3 Å². The van der Waals surface area contributed by atoms with Crippen molar-refractivity contribution in [2.75, 3.05) is 0 Å². The fourth-order valence-corrected chi connectivity index (χ4v) is 4.24. The number of carbonyl (C=O) groups excluding carboxylic acids is 1. The van der Waals surface area contributed by atoms with Gasteiger partial charge in [-0.1, -0.05) is 62.7 Å². The first-order valence-corrected chi connectivity index (χ1v) is 12.2. The van der Waals surface area contributed by atoms with Gasteiger partial charge < -0.3 is 15.2 Å². The Labute approximate surface area is 212 Å². The van der Waals surface area contributed by atoms with E-state index in [1.54, 1.807) is 26.0 Å². The van der Waals surface area contributed by atoms with Crippen molar-refractivity contribution < 1.29 is 32.6 Å². The van der Waals surface area contributed by atoms with Crippen LogP contribution in [0.3, 0.4) is 0 Å². The summed E-state index contributed by atoms with van der Waals surface area (Å²) in [5, 5.41) is 13.9. The summed E-state index contributed by atoms with van der Waals surface area (Å²) in [6.07, 6.45) is 0.535. The zero-order valence-corrected chi connectivity index (χ0v) is 21.2. The minimum Gasteiger partial charge on any atom is -0.487 e. The second-order valence-electron chi connectivity index (χ2n) is 9.23. The molecule has 0 radical (unpaired) electrons. The monoisotopic (exact) mass is 519 g/mol. The molecule has 192 valence electrons. The standard InChI is InChI=1S/C27H28F3NO4S/c1-5-26(3,4)23(25(33)34)31-24(32)21-13-9-18-14-16(2)6-12-20(18)22(21)35-15-17-7-10-19(11-8-17)36-27(28,29)30/h6-14,23H,5,15H2,1-4H3,(H,31,32)(H,33,34)/t23-/m1/s1. The van der Waals surface area contributed by atoms with Crippen LogP contribution in [0.1, 0.15) is 48.7 Å². The molecule has 0 aliphatic carbocycles. The smallest absolute Gasteiger partial charge is 0.446 e. The number of carbonyl (C=O) groups is 2. The molecule has 0 aliphatic heterocycles. The molecule has 0 spiro atoms. The number of alkyl halides is 3. The number of aryl methyl sites for hydroxylation is 1. The van der Waals surface area contributed by atoms with Crippen LogP contribution in [0.5, 0.6) is 5.75 Å². The molecule has 0 bridgehead atoms. The van der Waals surface area contributed by atoms with Crippen LogP contribution >= 0.6 is 11.8 Å². The Balaban J connectivity index is 1.93. The molecule has 0 heterocycles. The van der Waals surface area contributed by atoms with Gasteiger partial charge in [-0.3, -0.25) is 4.79 Å². The Kier molecular flexibility index (Phi) is 8.23. The molecular formula is C27H28F3NO4S. The molecule has 0 unspecified atom stereocenters. The summed E-state index contributed by atoms with van der Waals surface area (Å²) in [5.74, 6) is -1.44. The quantitative estimate of drug-likeness (QED) is 0.299. The average Bonchev–Trinajstić information content (AvgIpc) is 2.80. The van der Waals surface area contributed by atoms with Gasteiger partial charge in [-0.2, -0.15) is 13.2 Å². The Morgan fingerprint density at radius 2 is 1.72 bits per heavy atom. The van der Waals surface area contributed by atoms with Crippen molar-refractivity contribution in [3.63, 3.8) is 0 Å². The van der Waals surface area contributed by atoms with Crippen LogP contribution in [0.2, 0.25) is 0 Å². The van der Waals surface area contributed by atoms with Gasteiger partial charge in [0.05, 0.1) is 5.56 Å². The van der Waals surface area contributed by atoms with Crippen molar-refractivity contribution in [2.24, 2.45) is 5.41 Å². The number of hydrogen-bond acceptors (Lipinski definition) is 4. The molecule has 3 rings (SSSR count). The number of ether oxygens (including phenoxy) is 1. The number of nitrogens with one attached hydrogen (secondary N) is 1. The number of carboxylic acid groups (broad SMARTS) is 1. The Morgan fingerprint density at radius 1 is 1.06 bits per heavy atom. The van der Waals surface area contributed by atoms with E-state index in [2.05, 4.69) is 5.32 Å². The second kappa shape index (κ2) is 10.8. The summed E-state index contributed by atoms with van der Waals surface area (Å²) in [6.45, 7) is 7.34. The van der Waals surface area contributed by atoms with Gasteiger partial charge in [0.2, 0.25) is 0 Å². The van der Waals surface area contributed by atoms with Crippen molar-refractivity contribution >= 4 is 34.4 Å². The summed E-state index contributed by atoms with van der Waals surface area (Å²) in [7, 11) is 0. The number of fused-ring (bicyclic) bond motifs is 1. The van der Waals surface area contributed by atoms with Crippen LogP contribution in [-0.2, 0) is 11.4 Å². The van der Waals surface area contributed by atoms with Crippen LogP contribution in [0.4, 0.5) is 13.2 Å². The molecular weight excluding hydrogens is 491 g/mol. The number of hydrogen-bond donors (Lipinski definition) is 2. The Bertz CT molecular complexity index is 1260. The maximum Gasteiger partial charge on any atom is 0.446 e. The van der Waals surface area contributed by atoms with Crippen LogP contribution in [-0.4, -0.2) is 28.5 Å². The SMILES string of the molecule is CCC(C)(C)[C@H](NC(=O)c1ccc2cc(C)ccc2c1OCc1ccc(SC(F)(F)F)cc1)C(=O)O. The molecule has 3 aromatic rings. The average molecular weight is 520 g/mol. The molecule has 9 heteroatoms. The summed E-state index contributed by atoms with van der Waals surface area (Å²) < 4.78 is 43.9. The highest BCUT2D eigenvalue weighted by molar-refractivity contribution is 8.00. The van der Waals surface area contributed by atoms with Crippen LogP contribution < -0.4 is 10.1 Å². The maximum atomic E-state index is 13.3. The third-order valence-electron chi connectivity index (χ3n) is 6.13. The molecule has 5 nitrogen and oxygen atoms in total. The zero-order valence-electron chi connectivity index (χ0n) is 20.4. The lowest BCUT2D eigenvalue weighted by atomic mass is 9.81. The normalized spacial score (nSPS) is 12.9. The molecule has 36 heavy (non-hydrogen) atoms. The third kappa shape index (κ3) is 6.72. The highest BCUT2D eigenvalue weighted by Gasteiger charge is 2.36. The van der Waals surface area contributed by atoms with Crippen LogP contribution in [0, 0.1) is 12.3 Å². The van der Waals surface area contributed by atoms with Gasteiger partial charge in [-0.25, -0.2) is 4.79 Å². The van der Waals surface area contributed by atoms with E-state index in [4.69, 9.17) is 4.74 Å². The molecule has 1 atom stereocenters. The minimum atomic E-state index is -4.37. The Hall–Kier alpha value is -3.20. The van der Waals surface area contributed by atoms with E-state index < -0.39 is 28.8 Å². The maximum absolute atomic E-state index is 13.3. The van der Waals surface area contributed by atoms with Gasteiger partial charge in [-0.05, 0) is 59.7 Å². The van der Waals surface area contributed by atoms with Crippen molar-refractivity contribution in [2.45, 2.75) is 57.2 Å². The Morgan fingerprint density at radius 3 is 2.31 bits per heavy atom. The van der Waals surface area contributed by atoms with E-state index in [1.165, 1.54) is 24.3 Å². The predicted molar refractivity (Wildman–Crippen MR) is 134 cm³/mol. The van der Waals surface area contributed by atoms with Crippen molar-refractivity contribution in [1.82, 2.24) is 5.32 Å². The van der Waals surface area contributed by atoms with E-state index in [0.29, 0.717) is 17.4 Å². The summed E-state index contributed by atoms with van der Waals surface area (Å²) >= 11 is -0.197. The number of thioether (sulfide) groups is 1. The van der Waals surface area contributed by atoms with Gasteiger partial charge in [-0.15, -0.1) is 0 Å². The summed E-state index contributed by atoms with van der Waals surface area (Å²) in [4.78, 5) is 25.3. The number of halogens is 3. The molecule has 2 N–H and O–H groups in total. The number of aliphatic carboxylic acids is 1. The minimum absolute atomic E-state index is 0.00699. The molecule has 0 fully saturated rings. The highest BCUT2D eigenvalue weighted by atomic mass is 32.2. The lowest BCUT2D eigenvalue weighted by molar-refractivity contribution is -0.142. The lowest BCUT2D eigenvalue weighted by Crippen LogP contribution is -2.50. The number of carboxylic acids is 1. The predicted octanol–water partition coefficient (Wildman–Crippen LogP) is 6.96. The first-order valence-electron chi connectivity index (χ1n) is 11.4. The molecule has 0 aromatic heterocycles. The highest BCUT2D eigenvalue weighted by Crippen LogP contribution is 2.37. The number of rotatable bonds is 9. The van der Waals surface area contributed by atoms with Crippen molar-refractivity contribution in [3.8, 4) is 5.75 Å². The summed E-state index contributed by atoms with van der Waals surface area (Å²) in [5.41, 5.74) is -3.26. The topological polar surface area (TPSA) is 75.6 Å². The summed E-state index contributed by atoms with van der Waals surface area (Å²) in [6, 6.07) is 13.7. The third-order valence-corrected chi connectivity index (χ3v) is 6.87. The second-order valence-corrected chi connectivity index (χ2v) is 10.4. The fraction of sp³-hybridized carbons (Fsp3) is 0.333. The molecule has 0 saturated heterocycles. The van der Waals surface area contributed by atoms with E-state index in [-0.39, 0.29) is 34.6 Å². The molecule has 1 amide bonds. The van der Waals surface area contributed by atoms with E-state index >= 15 is 0 Å². The van der Waals surface area contributed by atoms with Gasteiger partial charge >= 0.3 is 11.5 Å². The number of benzene rings is 3. The van der Waals surface area contributed by atoms with Crippen molar-refractivity contribution in [1.29, 1.82) is 0 Å². The first-order chi connectivity index (χ1) is 16.8. The lowest BCUT2D eigenvalue weighted by Gasteiger charge is -2.31. The van der Waals surface area contributed by atoms with E-state index in [1.807, 2.05) is 32.0 Å². The molecule has 0 aliphatic rings. The van der Waals surface area contributed by atoms with Gasteiger partial charge in [0.15, 0.2) is 0 Å². The zero-order chi connectivity index (χ0) is 26.7. The van der Waals surface area contributed by atoms with Gasteiger partial charge in [0, 0.05) is 10.3 Å². The molecule has 0 saturated carbocycles. The number of amides is 1. The van der Waals surface area contributed by atoms with E-state index in [0.717, 1.165) is 10.9 Å². The molecule has 3 aromatic carbocycles. The van der Waals surface area contributed by atoms with Crippen LogP contribution in [0.25, 0.3) is 10.8 Å².